The molecule has 0 bridgehead atoms. The lowest BCUT2D eigenvalue weighted by atomic mass is 10.0. The summed E-state index contributed by atoms with van der Waals surface area (Å²) < 4.78 is 0. The standard InChI is InChI=1S/C21H20ClN3/c22-17-10-8-14(9-11-17)20-18-6-1-2-7-19(18)21(24-23-20)25-12-15-4-3-5-16(15)13-25/h1-2,6-11,15-16H,3-5,12-13H2. The van der Waals surface area contributed by atoms with E-state index >= 15 is 0 Å². The number of anilines is 1. The Morgan fingerprint density at radius 3 is 2.24 bits per heavy atom. The molecular formula is C21H20ClN3. The summed E-state index contributed by atoms with van der Waals surface area (Å²) in [6.07, 6.45) is 4.13. The zero-order valence-electron chi connectivity index (χ0n) is 14.0. The minimum absolute atomic E-state index is 0.737. The second kappa shape index (κ2) is 5.99. The fourth-order valence-electron chi connectivity index (χ4n) is 4.55. The predicted octanol–water partition coefficient (Wildman–Crippen LogP) is 5.19. The van der Waals surface area contributed by atoms with Crippen LogP contribution in [-0.2, 0) is 0 Å². The first-order valence-corrected chi connectivity index (χ1v) is 9.44. The quantitative estimate of drug-likeness (QED) is 0.637. The van der Waals surface area contributed by atoms with Crippen LogP contribution >= 0.6 is 11.6 Å². The first-order valence-electron chi connectivity index (χ1n) is 9.06. The molecule has 2 atom stereocenters. The van der Waals surface area contributed by atoms with Crippen molar-refractivity contribution in [1.82, 2.24) is 10.2 Å². The molecule has 0 N–H and O–H groups in total. The van der Waals surface area contributed by atoms with Gasteiger partial charge in [0.2, 0.25) is 0 Å². The van der Waals surface area contributed by atoms with E-state index in [0.717, 1.165) is 52.4 Å². The first kappa shape index (κ1) is 15.2. The van der Waals surface area contributed by atoms with Gasteiger partial charge in [0, 0.05) is 34.4 Å². The van der Waals surface area contributed by atoms with E-state index in [-0.39, 0.29) is 0 Å². The maximum Gasteiger partial charge on any atom is 0.159 e. The molecule has 0 radical (unpaired) electrons. The van der Waals surface area contributed by atoms with Gasteiger partial charge in [-0.25, -0.2) is 0 Å². The molecule has 126 valence electrons. The lowest BCUT2D eigenvalue weighted by Gasteiger charge is -2.20. The summed E-state index contributed by atoms with van der Waals surface area (Å²) in [7, 11) is 0. The van der Waals surface area contributed by atoms with Gasteiger partial charge >= 0.3 is 0 Å². The van der Waals surface area contributed by atoms with Crippen LogP contribution in [0.15, 0.2) is 48.5 Å². The summed E-state index contributed by atoms with van der Waals surface area (Å²) in [5.41, 5.74) is 1.98. The predicted molar refractivity (Wildman–Crippen MR) is 103 cm³/mol. The minimum Gasteiger partial charge on any atom is -0.354 e. The molecule has 1 aromatic heterocycles. The van der Waals surface area contributed by atoms with Gasteiger partial charge in [-0.15, -0.1) is 10.2 Å². The average molecular weight is 350 g/mol. The van der Waals surface area contributed by atoms with Gasteiger partial charge in [0.15, 0.2) is 5.82 Å². The van der Waals surface area contributed by atoms with Gasteiger partial charge in [0.25, 0.3) is 0 Å². The third-order valence-electron chi connectivity index (χ3n) is 5.81. The van der Waals surface area contributed by atoms with Crippen LogP contribution in [0.5, 0.6) is 0 Å². The number of halogens is 1. The van der Waals surface area contributed by atoms with Gasteiger partial charge in [-0.2, -0.15) is 0 Å². The minimum atomic E-state index is 0.737. The Morgan fingerprint density at radius 2 is 1.52 bits per heavy atom. The number of nitrogens with zero attached hydrogens (tertiary/aromatic N) is 3. The average Bonchev–Trinajstić information content (AvgIpc) is 3.23. The summed E-state index contributed by atoms with van der Waals surface area (Å²) in [6.45, 7) is 2.26. The van der Waals surface area contributed by atoms with Gasteiger partial charge in [-0.3, -0.25) is 0 Å². The van der Waals surface area contributed by atoms with Crippen LogP contribution in [0.1, 0.15) is 19.3 Å². The van der Waals surface area contributed by atoms with Gasteiger partial charge in [-0.05, 0) is 36.8 Å². The van der Waals surface area contributed by atoms with Crippen molar-refractivity contribution in [2.75, 3.05) is 18.0 Å². The molecule has 1 aliphatic carbocycles. The second-order valence-electron chi connectivity index (χ2n) is 7.28. The molecule has 2 fully saturated rings. The molecule has 2 heterocycles. The summed E-state index contributed by atoms with van der Waals surface area (Å²) in [5, 5.41) is 12.4. The molecule has 3 aromatic rings. The molecule has 1 saturated carbocycles. The molecule has 25 heavy (non-hydrogen) atoms. The zero-order valence-corrected chi connectivity index (χ0v) is 14.8. The van der Waals surface area contributed by atoms with Crippen molar-refractivity contribution < 1.29 is 0 Å². The summed E-state index contributed by atoms with van der Waals surface area (Å²) in [6, 6.07) is 16.3. The first-order chi connectivity index (χ1) is 12.3. The normalized spacial score (nSPS) is 22.5. The highest BCUT2D eigenvalue weighted by atomic mass is 35.5. The van der Waals surface area contributed by atoms with Gasteiger partial charge < -0.3 is 4.90 Å². The molecule has 1 aliphatic heterocycles. The highest BCUT2D eigenvalue weighted by Crippen LogP contribution is 2.41. The zero-order chi connectivity index (χ0) is 16.8. The Hall–Kier alpha value is -2.13. The maximum atomic E-state index is 6.03. The molecule has 2 aliphatic rings. The van der Waals surface area contributed by atoms with E-state index in [1.807, 2.05) is 24.3 Å². The fourth-order valence-corrected chi connectivity index (χ4v) is 4.68. The fraction of sp³-hybridized carbons (Fsp3) is 0.333. The monoisotopic (exact) mass is 349 g/mol. The number of rotatable bonds is 2. The van der Waals surface area contributed by atoms with Crippen molar-refractivity contribution in [3.05, 3.63) is 53.6 Å². The van der Waals surface area contributed by atoms with E-state index in [1.165, 1.54) is 24.6 Å². The molecular weight excluding hydrogens is 330 g/mol. The van der Waals surface area contributed by atoms with Crippen LogP contribution in [0, 0.1) is 11.8 Å². The summed E-state index contributed by atoms with van der Waals surface area (Å²) in [4.78, 5) is 2.45. The SMILES string of the molecule is Clc1ccc(-c2nnc(N3CC4CCCC4C3)c3ccccc23)cc1. The molecule has 2 unspecified atom stereocenters. The number of hydrogen-bond acceptors (Lipinski definition) is 3. The van der Waals surface area contributed by atoms with Gasteiger partial charge in [-0.1, -0.05) is 54.4 Å². The van der Waals surface area contributed by atoms with Crippen molar-refractivity contribution >= 4 is 28.2 Å². The molecule has 1 saturated heterocycles. The van der Waals surface area contributed by atoms with Crippen LogP contribution in [-0.4, -0.2) is 23.3 Å². The van der Waals surface area contributed by atoms with Crippen LogP contribution in [0.4, 0.5) is 5.82 Å². The van der Waals surface area contributed by atoms with Crippen LogP contribution in [0.2, 0.25) is 5.02 Å². The third-order valence-corrected chi connectivity index (χ3v) is 6.06. The highest BCUT2D eigenvalue weighted by molar-refractivity contribution is 6.30. The maximum absolute atomic E-state index is 6.03. The third kappa shape index (κ3) is 2.58. The lowest BCUT2D eigenvalue weighted by molar-refractivity contribution is 0.494. The van der Waals surface area contributed by atoms with E-state index in [1.54, 1.807) is 0 Å². The van der Waals surface area contributed by atoms with Crippen LogP contribution in [0.3, 0.4) is 0 Å². The van der Waals surface area contributed by atoms with Crippen molar-refractivity contribution in [1.29, 1.82) is 0 Å². The Balaban J connectivity index is 1.60. The van der Waals surface area contributed by atoms with Crippen LogP contribution < -0.4 is 4.90 Å². The molecule has 3 nitrogen and oxygen atoms in total. The van der Waals surface area contributed by atoms with E-state index in [4.69, 9.17) is 11.6 Å². The van der Waals surface area contributed by atoms with E-state index in [9.17, 15) is 0 Å². The largest absolute Gasteiger partial charge is 0.354 e. The number of benzene rings is 2. The van der Waals surface area contributed by atoms with Crippen molar-refractivity contribution in [3.63, 3.8) is 0 Å². The van der Waals surface area contributed by atoms with Crippen molar-refractivity contribution in [2.45, 2.75) is 19.3 Å². The smallest absolute Gasteiger partial charge is 0.159 e. The highest BCUT2D eigenvalue weighted by Gasteiger charge is 2.37. The van der Waals surface area contributed by atoms with E-state index < -0.39 is 0 Å². The summed E-state index contributed by atoms with van der Waals surface area (Å²) in [5.74, 6) is 2.73. The van der Waals surface area contributed by atoms with Gasteiger partial charge in [0.1, 0.15) is 5.69 Å². The van der Waals surface area contributed by atoms with E-state index in [0.29, 0.717) is 0 Å². The molecule has 0 spiro atoms. The molecule has 5 rings (SSSR count). The number of hydrogen-bond donors (Lipinski definition) is 0. The Labute approximate surface area is 152 Å². The number of aromatic nitrogens is 2. The van der Waals surface area contributed by atoms with Gasteiger partial charge in [0.05, 0.1) is 0 Å². The topological polar surface area (TPSA) is 29.0 Å². The molecule has 2 aromatic carbocycles. The second-order valence-corrected chi connectivity index (χ2v) is 7.72. The summed E-state index contributed by atoms with van der Waals surface area (Å²) >= 11 is 6.03. The molecule has 0 amide bonds. The van der Waals surface area contributed by atoms with Crippen LogP contribution in [0.25, 0.3) is 22.0 Å². The Bertz CT molecular complexity index is 910. The van der Waals surface area contributed by atoms with Crippen molar-refractivity contribution in [2.24, 2.45) is 11.8 Å². The van der Waals surface area contributed by atoms with Crippen molar-refractivity contribution in [3.8, 4) is 11.3 Å². The van der Waals surface area contributed by atoms with E-state index in [2.05, 4.69) is 39.4 Å². The molecule has 4 heteroatoms. The Morgan fingerprint density at radius 1 is 0.840 bits per heavy atom. The lowest BCUT2D eigenvalue weighted by Crippen LogP contribution is -2.22. The number of fused-ring (bicyclic) bond motifs is 2. The Kier molecular flexibility index (Phi) is 3.63.